The van der Waals surface area contributed by atoms with E-state index in [1.54, 1.807) is 0 Å². The standard InChI is InChI=1S/C44H52F2N4Si2/c1-25(2)51(26(3)4,27(5)6)19-17-33-35-21-31-15-13-14-16-32(31)22-36(35)34(18-20-52(28(7)8,29(9)10)30(11)12)42-41(33)49-43-44(50-42)48-40-24-38(46)37(45)23-39(40)47-43/h13-16,21-30H,1-12H3,(H,47,49)(H,48,50). The van der Waals surface area contributed by atoms with Gasteiger partial charge >= 0.3 is 0 Å². The summed E-state index contributed by atoms with van der Waals surface area (Å²) in [4.78, 5) is 10.5. The fourth-order valence-electron chi connectivity index (χ4n) is 9.34. The van der Waals surface area contributed by atoms with Crippen molar-refractivity contribution in [2.75, 3.05) is 10.6 Å². The van der Waals surface area contributed by atoms with Gasteiger partial charge in [-0.25, -0.2) is 18.7 Å². The van der Waals surface area contributed by atoms with Crippen LogP contribution in [0.2, 0.25) is 33.2 Å². The van der Waals surface area contributed by atoms with Crippen molar-refractivity contribution in [3.8, 4) is 22.9 Å². The molecule has 4 nitrogen and oxygen atoms in total. The predicted octanol–water partition coefficient (Wildman–Crippen LogP) is 13.2. The first-order valence-corrected chi connectivity index (χ1v) is 23.3. The van der Waals surface area contributed by atoms with Crippen LogP contribution in [-0.2, 0) is 0 Å². The van der Waals surface area contributed by atoms with Crippen LogP contribution in [0.15, 0.2) is 48.5 Å². The lowest BCUT2D eigenvalue weighted by Crippen LogP contribution is -2.43. The molecule has 1 aliphatic rings. The van der Waals surface area contributed by atoms with Crippen LogP contribution in [0, 0.1) is 34.6 Å². The first-order chi connectivity index (χ1) is 24.5. The highest BCUT2D eigenvalue weighted by Crippen LogP contribution is 2.44. The number of fused-ring (bicyclic) bond motifs is 5. The van der Waals surface area contributed by atoms with Crippen LogP contribution < -0.4 is 10.6 Å². The SMILES string of the molecule is CC(C)[Si](C#Cc1c2cc3ccccc3cc2c(C#C[Si](C(C)C)(C(C)C)C(C)C)c2nc3c(nc12)Nc1cc(F)c(F)cc1N3)(C(C)C)C(C)C. The highest BCUT2D eigenvalue weighted by atomic mass is 28.3. The quantitative estimate of drug-likeness (QED) is 0.102. The van der Waals surface area contributed by atoms with Crippen molar-refractivity contribution in [1.82, 2.24) is 9.97 Å². The molecule has 0 unspecified atom stereocenters. The zero-order chi connectivity index (χ0) is 37.9. The third kappa shape index (κ3) is 6.08. The molecule has 0 radical (unpaired) electrons. The molecule has 0 fully saturated rings. The first-order valence-electron chi connectivity index (χ1n) is 18.8. The van der Waals surface area contributed by atoms with Gasteiger partial charge in [0, 0.05) is 22.9 Å². The van der Waals surface area contributed by atoms with Gasteiger partial charge in [0.05, 0.1) is 22.5 Å². The van der Waals surface area contributed by atoms with Crippen LogP contribution in [0.5, 0.6) is 0 Å². The molecule has 0 bridgehead atoms. The van der Waals surface area contributed by atoms with Crippen molar-refractivity contribution in [3.63, 3.8) is 0 Å². The molecule has 4 aromatic carbocycles. The molecular weight excluding hydrogens is 679 g/mol. The zero-order valence-electron chi connectivity index (χ0n) is 32.7. The predicted molar refractivity (Wildman–Crippen MR) is 223 cm³/mol. The lowest BCUT2D eigenvalue weighted by atomic mass is 9.94. The number of halogens is 2. The third-order valence-corrected chi connectivity index (χ3v) is 24.5. The van der Waals surface area contributed by atoms with E-state index in [0.29, 0.717) is 67.3 Å². The topological polar surface area (TPSA) is 49.8 Å². The second-order valence-corrected chi connectivity index (χ2v) is 27.6. The highest BCUT2D eigenvalue weighted by molar-refractivity contribution is 6.91. The van der Waals surface area contributed by atoms with E-state index >= 15 is 0 Å². The minimum Gasteiger partial charge on any atom is -0.335 e. The van der Waals surface area contributed by atoms with E-state index in [2.05, 4.69) is 153 Å². The van der Waals surface area contributed by atoms with E-state index in [4.69, 9.17) is 9.97 Å². The van der Waals surface area contributed by atoms with E-state index in [9.17, 15) is 8.78 Å². The number of rotatable bonds is 6. The monoisotopic (exact) mass is 730 g/mol. The molecule has 0 saturated carbocycles. The van der Waals surface area contributed by atoms with Crippen molar-refractivity contribution in [3.05, 3.63) is 71.3 Å². The number of nitrogens with one attached hydrogen (secondary N) is 2. The normalized spacial score (nSPS) is 13.1. The Bertz CT molecular complexity index is 2130. The number of hydrogen-bond acceptors (Lipinski definition) is 4. The molecule has 1 aliphatic heterocycles. The number of nitrogens with zero attached hydrogens (tertiary/aromatic N) is 2. The Labute approximate surface area is 310 Å². The van der Waals surface area contributed by atoms with Crippen LogP contribution in [0.3, 0.4) is 0 Å². The number of hydrogen-bond donors (Lipinski definition) is 2. The molecule has 8 heteroatoms. The van der Waals surface area contributed by atoms with Crippen LogP contribution >= 0.6 is 0 Å². The van der Waals surface area contributed by atoms with Gasteiger partial charge in [-0.05, 0) is 56.2 Å². The van der Waals surface area contributed by atoms with Crippen LogP contribution in [0.1, 0.15) is 94.2 Å². The van der Waals surface area contributed by atoms with Gasteiger partial charge in [0.1, 0.15) is 27.2 Å². The zero-order valence-corrected chi connectivity index (χ0v) is 34.7. The molecule has 1 aromatic heterocycles. The van der Waals surface area contributed by atoms with Crippen molar-refractivity contribution in [2.24, 2.45) is 0 Å². The lowest BCUT2D eigenvalue weighted by molar-refractivity contribution is 0.509. The molecular formula is C44H52F2N4Si2. The number of anilines is 4. The summed E-state index contributed by atoms with van der Waals surface area (Å²) in [6.07, 6.45) is 0. The Morgan fingerprint density at radius 3 is 1.15 bits per heavy atom. The second kappa shape index (κ2) is 14.0. The van der Waals surface area contributed by atoms with Gasteiger partial charge in [-0.2, -0.15) is 0 Å². The van der Waals surface area contributed by atoms with Crippen LogP contribution in [0.25, 0.3) is 32.6 Å². The molecule has 0 aliphatic carbocycles. The molecule has 2 heterocycles. The maximum Gasteiger partial charge on any atom is 0.174 e. The smallest absolute Gasteiger partial charge is 0.174 e. The summed E-state index contributed by atoms with van der Waals surface area (Å²) in [5, 5.41) is 10.7. The van der Waals surface area contributed by atoms with Gasteiger partial charge in [-0.3, -0.25) is 0 Å². The minimum absolute atomic E-state index is 0.395. The number of aromatic nitrogens is 2. The van der Waals surface area contributed by atoms with Gasteiger partial charge in [-0.15, -0.1) is 11.1 Å². The van der Waals surface area contributed by atoms with Crippen molar-refractivity contribution in [1.29, 1.82) is 0 Å². The van der Waals surface area contributed by atoms with Crippen molar-refractivity contribution in [2.45, 2.75) is 116 Å². The van der Waals surface area contributed by atoms with Crippen molar-refractivity contribution >= 4 is 71.7 Å². The maximum absolute atomic E-state index is 14.4. The summed E-state index contributed by atoms with van der Waals surface area (Å²) in [5.74, 6) is 6.58. The fourth-order valence-corrected chi connectivity index (χ4v) is 19.8. The Balaban J connectivity index is 1.80. The van der Waals surface area contributed by atoms with Crippen molar-refractivity contribution < 1.29 is 8.78 Å². The molecule has 5 aromatic rings. The summed E-state index contributed by atoms with van der Waals surface area (Å²) in [6.45, 7) is 27.9. The summed E-state index contributed by atoms with van der Waals surface area (Å²) in [7, 11) is -4.31. The van der Waals surface area contributed by atoms with Gasteiger partial charge in [0.2, 0.25) is 0 Å². The summed E-state index contributed by atoms with van der Waals surface area (Å²) in [5.41, 5.74) is 14.4. The molecule has 0 spiro atoms. The number of benzene rings is 4. The summed E-state index contributed by atoms with van der Waals surface area (Å²) in [6, 6.07) is 15.2. The van der Waals surface area contributed by atoms with Crippen LogP contribution in [0.4, 0.5) is 31.8 Å². The second-order valence-electron chi connectivity index (χ2n) is 16.5. The Morgan fingerprint density at radius 1 is 0.519 bits per heavy atom. The molecule has 2 N–H and O–H groups in total. The molecule has 6 rings (SSSR count). The summed E-state index contributed by atoms with van der Waals surface area (Å²) >= 11 is 0. The molecule has 52 heavy (non-hydrogen) atoms. The molecule has 0 atom stereocenters. The van der Waals surface area contributed by atoms with E-state index in [1.807, 2.05) is 0 Å². The van der Waals surface area contributed by atoms with Gasteiger partial charge < -0.3 is 10.6 Å². The van der Waals surface area contributed by atoms with E-state index in [0.717, 1.165) is 44.8 Å². The minimum atomic E-state index is -2.15. The fraction of sp³-hybridized carbons (Fsp3) is 0.409. The molecule has 0 saturated heterocycles. The average Bonchev–Trinajstić information content (AvgIpc) is 3.06. The first kappa shape index (κ1) is 37.5. The largest absolute Gasteiger partial charge is 0.335 e. The van der Waals surface area contributed by atoms with Gasteiger partial charge in [0.25, 0.3) is 0 Å². The lowest BCUT2D eigenvalue weighted by Gasteiger charge is -2.38. The Morgan fingerprint density at radius 2 is 0.846 bits per heavy atom. The third-order valence-electron chi connectivity index (χ3n) is 11.9. The van der Waals surface area contributed by atoms with E-state index < -0.39 is 27.8 Å². The molecule has 0 amide bonds. The maximum atomic E-state index is 14.4. The van der Waals surface area contributed by atoms with E-state index in [-0.39, 0.29) is 0 Å². The van der Waals surface area contributed by atoms with Crippen LogP contribution in [-0.4, -0.2) is 26.1 Å². The summed E-state index contributed by atoms with van der Waals surface area (Å²) < 4.78 is 28.8. The van der Waals surface area contributed by atoms with Gasteiger partial charge in [-0.1, -0.05) is 119 Å². The average molecular weight is 731 g/mol. The van der Waals surface area contributed by atoms with Gasteiger partial charge in [0.15, 0.2) is 23.3 Å². The molecule has 270 valence electrons. The van der Waals surface area contributed by atoms with E-state index in [1.165, 1.54) is 0 Å². The Hall–Kier alpha value is -4.25. The Kier molecular flexibility index (Phi) is 10.1. The highest BCUT2D eigenvalue weighted by Gasteiger charge is 2.43.